The van der Waals surface area contributed by atoms with Crippen molar-refractivity contribution in [2.75, 3.05) is 31.1 Å². The highest BCUT2D eigenvalue weighted by Gasteiger charge is 2.37. The molecule has 3 rings (SSSR count). The highest BCUT2D eigenvalue weighted by Crippen LogP contribution is 2.33. The zero-order valence-corrected chi connectivity index (χ0v) is 14.7. The van der Waals surface area contributed by atoms with Crippen molar-refractivity contribution in [2.45, 2.75) is 33.2 Å². The number of hydrogen-bond donors (Lipinski definition) is 1. The summed E-state index contributed by atoms with van der Waals surface area (Å²) in [4.78, 5) is 36.1. The van der Waals surface area contributed by atoms with Crippen LogP contribution in [-0.2, 0) is 16.0 Å². The molecule has 0 bridgehead atoms. The molecule has 132 valence electrons. The fraction of sp³-hybridized carbons (Fsp3) is 0.588. The van der Waals surface area contributed by atoms with Crippen molar-refractivity contribution in [1.29, 1.82) is 5.26 Å². The molecule has 2 aliphatic rings. The Morgan fingerprint density at radius 3 is 2.60 bits per heavy atom. The van der Waals surface area contributed by atoms with Crippen LogP contribution in [0.5, 0.6) is 0 Å². The summed E-state index contributed by atoms with van der Waals surface area (Å²) in [6.45, 7) is 7.77. The van der Waals surface area contributed by atoms with Crippen LogP contribution in [0.4, 0.5) is 5.82 Å². The monoisotopic (exact) mass is 342 g/mol. The highest BCUT2D eigenvalue weighted by atomic mass is 16.2. The molecule has 8 nitrogen and oxygen atoms in total. The molecular weight excluding hydrogens is 320 g/mol. The lowest BCUT2D eigenvalue weighted by atomic mass is 9.95. The molecule has 1 atom stereocenters. The summed E-state index contributed by atoms with van der Waals surface area (Å²) < 4.78 is 0. The smallest absolute Gasteiger partial charge is 0.243 e. The number of hydrogen-bond acceptors (Lipinski definition) is 7. The Labute approximate surface area is 146 Å². The second-order valence-corrected chi connectivity index (χ2v) is 7.70. The molecule has 3 heterocycles. The summed E-state index contributed by atoms with van der Waals surface area (Å²) in [5.41, 5.74) is 0.943. The van der Waals surface area contributed by atoms with E-state index in [2.05, 4.69) is 41.0 Å². The van der Waals surface area contributed by atoms with E-state index in [1.54, 1.807) is 6.20 Å². The number of nitrogens with zero attached hydrogens (tertiary/aromatic N) is 5. The molecule has 0 saturated carbocycles. The molecule has 1 saturated heterocycles. The molecule has 1 unspecified atom stereocenters. The molecule has 8 heteroatoms. The first kappa shape index (κ1) is 17.3. The number of anilines is 1. The number of amides is 2. The number of piperazine rings is 1. The van der Waals surface area contributed by atoms with Crippen LogP contribution >= 0.6 is 0 Å². The summed E-state index contributed by atoms with van der Waals surface area (Å²) >= 11 is 0. The molecule has 1 aromatic rings. The van der Waals surface area contributed by atoms with E-state index in [9.17, 15) is 9.59 Å². The van der Waals surface area contributed by atoms with Gasteiger partial charge < -0.3 is 4.90 Å². The summed E-state index contributed by atoms with van der Waals surface area (Å²) in [7, 11) is 0. The van der Waals surface area contributed by atoms with Crippen LogP contribution in [0.2, 0.25) is 0 Å². The zero-order valence-electron chi connectivity index (χ0n) is 14.7. The van der Waals surface area contributed by atoms with Crippen LogP contribution in [-0.4, -0.2) is 58.9 Å². The minimum atomic E-state index is -0.202. The third-order valence-electron chi connectivity index (χ3n) is 4.30. The zero-order chi connectivity index (χ0) is 18.2. The average molecular weight is 342 g/mol. The number of nitrogens with one attached hydrogen (secondary N) is 1. The van der Waals surface area contributed by atoms with Gasteiger partial charge in [-0.05, 0) is 11.8 Å². The normalized spacial score (nSPS) is 20.6. The van der Waals surface area contributed by atoms with E-state index in [1.165, 1.54) is 4.90 Å². The van der Waals surface area contributed by atoms with E-state index in [0.717, 1.165) is 11.4 Å². The van der Waals surface area contributed by atoms with E-state index in [-0.39, 0.29) is 42.2 Å². The van der Waals surface area contributed by atoms with E-state index in [1.807, 2.05) is 6.07 Å². The fourth-order valence-corrected chi connectivity index (χ4v) is 3.28. The van der Waals surface area contributed by atoms with Crippen molar-refractivity contribution in [3.8, 4) is 6.07 Å². The van der Waals surface area contributed by atoms with Crippen molar-refractivity contribution in [3.63, 3.8) is 0 Å². The minimum Gasteiger partial charge on any atom is -0.351 e. The van der Waals surface area contributed by atoms with Crippen molar-refractivity contribution in [2.24, 2.45) is 5.41 Å². The second kappa shape index (κ2) is 6.41. The van der Waals surface area contributed by atoms with Gasteiger partial charge in [0.15, 0.2) is 0 Å². The highest BCUT2D eigenvalue weighted by molar-refractivity contribution is 5.99. The van der Waals surface area contributed by atoms with Gasteiger partial charge in [0.25, 0.3) is 0 Å². The molecule has 0 aliphatic carbocycles. The van der Waals surface area contributed by atoms with Crippen molar-refractivity contribution < 1.29 is 9.59 Å². The van der Waals surface area contributed by atoms with Crippen LogP contribution in [0.25, 0.3) is 0 Å². The van der Waals surface area contributed by atoms with Gasteiger partial charge in [0.05, 0.1) is 19.1 Å². The summed E-state index contributed by atoms with van der Waals surface area (Å²) in [5.74, 6) is 0.465. The molecular formula is C17H22N6O2. The van der Waals surface area contributed by atoms with Gasteiger partial charge in [-0.3, -0.25) is 19.8 Å². The van der Waals surface area contributed by atoms with Crippen molar-refractivity contribution in [1.82, 2.24) is 20.2 Å². The molecule has 1 aromatic heterocycles. The first-order chi connectivity index (χ1) is 11.8. The fourth-order valence-electron chi connectivity index (χ4n) is 3.28. The standard InChI is InChI=1S/C17H22N6O2/c1-17(2,3)10-23-12(9-22-14(24)7-19-8-15(22)25)4-11-6-20-13(5-18)21-16(11)23/h6,12,19H,4,7-10H2,1-3H3. The number of imide groups is 1. The van der Waals surface area contributed by atoms with Gasteiger partial charge in [-0.25, -0.2) is 9.97 Å². The Bertz CT molecular complexity index is 732. The molecule has 0 aromatic carbocycles. The number of fused-ring (bicyclic) bond motifs is 1. The predicted molar refractivity (Wildman–Crippen MR) is 90.6 cm³/mol. The van der Waals surface area contributed by atoms with Crippen molar-refractivity contribution >= 4 is 17.6 Å². The Balaban J connectivity index is 1.89. The van der Waals surface area contributed by atoms with Gasteiger partial charge in [0, 0.05) is 24.8 Å². The van der Waals surface area contributed by atoms with Gasteiger partial charge in [-0.1, -0.05) is 20.8 Å². The molecule has 1 fully saturated rings. The minimum absolute atomic E-state index is 0.00487. The Kier molecular flexibility index (Phi) is 4.43. The lowest BCUT2D eigenvalue weighted by Crippen LogP contribution is -2.56. The average Bonchev–Trinajstić information content (AvgIpc) is 2.86. The van der Waals surface area contributed by atoms with E-state index >= 15 is 0 Å². The van der Waals surface area contributed by atoms with E-state index < -0.39 is 0 Å². The topological polar surface area (TPSA) is 102 Å². The van der Waals surface area contributed by atoms with Crippen LogP contribution in [0.3, 0.4) is 0 Å². The first-order valence-corrected chi connectivity index (χ1v) is 8.35. The molecule has 0 radical (unpaired) electrons. The Morgan fingerprint density at radius 1 is 1.32 bits per heavy atom. The predicted octanol–water partition coefficient (Wildman–Crippen LogP) is 0.0839. The van der Waals surface area contributed by atoms with Crippen molar-refractivity contribution in [3.05, 3.63) is 17.6 Å². The van der Waals surface area contributed by atoms with E-state index in [0.29, 0.717) is 19.5 Å². The van der Waals surface area contributed by atoms with Gasteiger partial charge in [-0.2, -0.15) is 5.26 Å². The Hall–Kier alpha value is -2.53. The SMILES string of the molecule is CC(C)(C)CN1c2nc(C#N)ncc2CC1CN1C(=O)CNCC1=O. The van der Waals surface area contributed by atoms with Gasteiger partial charge >= 0.3 is 0 Å². The number of aromatic nitrogens is 2. The Morgan fingerprint density at radius 2 is 2.00 bits per heavy atom. The molecule has 1 N–H and O–H groups in total. The van der Waals surface area contributed by atoms with Gasteiger partial charge in [-0.15, -0.1) is 0 Å². The van der Waals surface area contributed by atoms with Crippen LogP contribution in [0, 0.1) is 16.7 Å². The maximum Gasteiger partial charge on any atom is 0.243 e. The number of rotatable bonds is 3. The van der Waals surface area contributed by atoms with Crippen LogP contribution in [0.15, 0.2) is 6.20 Å². The number of carbonyl (C=O) groups excluding carboxylic acids is 2. The molecule has 25 heavy (non-hydrogen) atoms. The number of nitriles is 1. The quantitative estimate of drug-likeness (QED) is 0.776. The molecule has 2 amide bonds. The maximum absolute atomic E-state index is 12.1. The molecule has 2 aliphatic heterocycles. The second-order valence-electron chi connectivity index (χ2n) is 7.70. The lowest BCUT2D eigenvalue weighted by Gasteiger charge is -2.36. The third kappa shape index (κ3) is 3.61. The molecule has 0 spiro atoms. The van der Waals surface area contributed by atoms with Crippen LogP contribution < -0.4 is 10.2 Å². The third-order valence-corrected chi connectivity index (χ3v) is 4.30. The summed E-state index contributed by atoms with van der Waals surface area (Å²) in [6, 6.07) is 1.92. The summed E-state index contributed by atoms with van der Waals surface area (Å²) in [5, 5.41) is 11.9. The maximum atomic E-state index is 12.1. The largest absolute Gasteiger partial charge is 0.351 e. The summed E-state index contributed by atoms with van der Waals surface area (Å²) in [6.07, 6.45) is 2.33. The lowest BCUT2D eigenvalue weighted by molar-refractivity contribution is -0.146. The van der Waals surface area contributed by atoms with Gasteiger partial charge in [0.1, 0.15) is 11.9 Å². The van der Waals surface area contributed by atoms with Crippen LogP contribution in [0.1, 0.15) is 32.2 Å². The number of carbonyl (C=O) groups is 2. The van der Waals surface area contributed by atoms with Gasteiger partial charge in [0.2, 0.25) is 17.6 Å². The van der Waals surface area contributed by atoms with E-state index in [4.69, 9.17) is 5.26 Å². The first-order valence-electron chi connectivity index (χ1n) is 8.35.